The van der Waals surface area contributed by atoms with Crippen molar-refractivity contribution < 1.29 is 9.59 Å². The number of piperazine rings is 1. The minimum atomic E-state index is -0.875. The largest absolute Gasteiger partial charge is 0.326 e. The Bertz CT molecular complexity index is 972. The van der Waals surface area contributed by atoms with Crippen LogP contribution in [0.4, 0.5) is 4.79 Å². The number of carbonyl (C=O) groups excluding carboxylic acids is 2. The van der Waals surface area contributed by atoms with E-state index in [9.17, 15) is 9.59 Å². The fourth-order valence-corrected chi connectivity index (χ4v) is 6.41. The summed E-state index contributed by atoms with van der Waals surface area (Å²) >= 11 is 5.29. The lowest BCUT2D eigenvalue weighted by Gasteiger charge is -2.36. The monoisotopic (exact) mass is 488 g/mol. The number of fused-ring (bicyclic) bond motifs is 2. The fourth-order valence-electron chi connectivity index (χ4n) is 4.89. The molecule has 8 heteroatoms. The lowest BCUT2D eigenvalue weighted by molar-refractivity contribution is -0.134. The van der Waals surface area contributed by atoms with E-state index in [1.165, 1.54) is 15.3 Å². The molecule has 1 unspecified atom stereocenters. The normalized spacial score (nSPS) is 25.0. The van der Waals surface area contributed by atoms with Gasteiger partial charge >= 0.3 is 6.03 Å². The number of hydrogen-bond donors (Lipinski definition) is 1. The molecule has 3 heterocycles. The molecule has 2 fully saturated rings. The number of nitrogens with zero attached hydrogens (tertiary/aromatic N) is 3. The van der Waals surface area contributed by atoms with E-state index in [0.717, 1.165) is 54.9 Å². The van der Waals surface area contributed by atoms with Gasteiger partial charge in [-0.05, 0) is 58.5 Å². The first-order valence-electron chi connectivity index (χ1n) is 10.5. The van der Waals surface area contributed by atoms with E-state index in [4.69, 9.17) is 0 Å². The molecule has 1 aromatic carbocycles. The number of benzene rings is 1. The second-order valence-corrected chi connectivity index (χ2v) is 10.9. The Kier molecular flexibility index (Phi) is 5.43. The van der Waals surface area contributed by atoms with Gasteiger partial charge in [0.05, 0.1) is 10.5 Å². The van der Waals surface area contributed by atoms with Gasteiger partial charge in [-0.3, -0.25) is 14.6 Å². The highest BCUT2D eigenvalue weighted by atomic mass is 79.9. The number of hydrogen-bond acceptors (Lipinski definition) is 5. The first-order valence-corrected chi connectivity index (χ1v) is 12.1. The Labute approximate surface area is 189 Å². The molecule has 1 aliphatic carbocycles. The first kappa shape index (κ1) is 20.2. The Morgan fingerprint density at radius 2 is 1.80 bits per heavy atom. The highest BCUT2D eigenvalue weighted by Crippen LogP contribution is 2.40. The molecule has 2 aliphatic heterocycles. The van der Waals surface area contributed by atoms with Gasteiger partial charge in [0, 0.05) is 37.6 Å². The van der Waals surface area contributed by atoms with Crippen LogP contribution < -0.4 is 5.32 Å². The van der Waals surface area contributed by atoms with Gasteiger partial charge in [-0.2, -0.15) is 0 Å². The van der Waals surface area contributed by atoms with Gasteiger partial charge in [-0.15, -0.1) is 11.3 Å². The molecule has 1 aromatic heterocycles. The average molecular weight is 489 g/mol. The molecule has 3 amide bonds. The topological polar surface area (TPSA) is 55.9 Å². The molecule has 5 rings (SSSR count). The summed E-state index contributed by atoms with van der Waals surface area (Å²) in [5, 5.41) is 3.06. The van der Waals surface area contributed by atoms with Crippen molar-refractivity contribution in [2.75, 3.05) is 32.8 Å². The Balaban J connectivity index is 1.24. The van der Waals surface area contributed by atoms with Gasteiger partial charge in [0.25, 0.3) is 5.91 Å². The maximum atomic E-state index is 13.4. The summed E-state index contributed by atoms with van der Waals surface area (Å²) in [6.45, 7) is 4.90. The average Bonchev–Trinajstić information content (AvgIpc) is 3.26. The van der Waals surface area contributed by atoms with Crippen molar-refractivity contribution in [1.29, 1.82) is 0 Å². The number of thiophene rings is 1. The van der Waals surface area contributed by atoms with Crippen LogP contribution in [-0.2, 0) is 23.3 Å². The van der Waals surface area contributed by atoms with Crippen LogP contribution >= 0.6 is 27.3 Å². The summed E-state index contributed by atoms with van der Waals surface area (Å²) in [4.78, 5) is 33.7. The SMILES string of the molecule is O=C1NC2(CCCc3ccccc32)C(=O)N1CN1CCN(Cc2ccc(Br)s2)CC1. The summed E-state index contributed by atoms with van der Waals surface area (Å²) in [6, 6.07) is 12.0. The maximum absolute atomic E-state index is 13.4. The number of rotatable bonds is 4. The zero-order valence-electron chi connectivity index (χ0n) is 16.8. The standard InChI is InChI=1S/C22H25BrN4O2S/c23-19-8-7-17(30-19)14-25-10-12-26(13-11-25)15-27-20(28)22(24-21(27)29)9-3-5-16-4-1-2-6-18(16)22/h1-2,4,6-8H,3,5,9-15H2,(H,24,29). The molecular formula is C22H25BrN4O2S. The van der Waals surface area contributed by atoms with Gasteiger partial charge in [-0.25, -0.2) is 9.69 Å². The summed E-state index contributed by atoms with van der Waals surface area (Å²) in [6.07, 6.45) is 2.55. The number of urea groups is 1. The lowest BCUT2D eigenvalue weighted by Crippen LogP contribution is -2.51. The minimum Gasteiger partial charge on any atom is -0.319 e. The molecule has 0 bridgehead atoms. The van der Waals surface area contributed by atoms with Crippen LogP contribution in [0.2, 0.25) is 0 Å². The quantitative estimate of drug-likeness (QED) is 0.670. The number of nitrogens with one attached hydrogen (secondary N) is 1. The molecule has 158 valence electrons. The minimum absolute atomic E-state index is 0.0921. The van der Waals surface area contributed by atoms with Crippen LogP contribution in [0.25, 0.3) is 0 Å². The molecule has 1 spiro atoms. The predicted molar refractivity (Wildman–Crippen MR) is 120 cm³/mol. The molecule has 0 radical (unpaired) electrons. The van der Waals surface area contributed by atoms with Gasteiger partial charge in [-0.1, -0.05) is 24.3 Å². The van der Waals surface area contributed by atoms with E-state index < -0.39 is 5.54 Å². The number of imide groups is 1. The molecule has 6 nitrogen and oxygen atoms in total. The molecule has 2 saturated heterocycles. The first-order chi connectivity index (χ1) is 14.5. The number of aryl methyl sites for hydroxylation is 1. The van der Waals surface area contributed by atoms with Crippen molar-refractivity contribution in [3.8, 4) is 0 Å². The molecule has 2 aromatic rings. The van der Waals surface area contributed by atoms with Gasteiger partial charge in [0.2, 0.25) is 0 Å². The summed E-state index contributed by atoms with van der Waals surface area (Å²) in [5.41, 5.74) is 1.28. The highest BCUT2D eigenvalue weighted by molar-refractivity contribution is 9.11. The number of halogens is 1. The second-order valence-electron chi connectivity index (χ2n) is 8.32. The molecule has 30 heavy (non-hydrogen) atoms. The van der Waals surface area contributed by atoms with Crippen LogP contribution in [0.15, 0.2) is 40.2 Å². The van der Waals surface area contributed by atoms with Crippen LogP contribution in [0.3, 0.4) is 0 Å². The highest BCUT2D eigenvalue weighted by Gasteiger charge is 2.54. The third-order valence-corrected chi connectivity index (χ3v) is 8.07. The van der Waals surface area contributed by atoms with E-state index >= 15 is 0 Å². The van der Waals surface area contributed by atoms with Crippen LogP contribution in [0.1, 0.15) is 28.8 Å². The number of carbonyl (C=O) groups is 2. The van der Waals surface area contributed by atoms with Crippen molar-refractivity contribution >= 4 is 39.2 Å². The maximum Gasteiger partial charge on any atom is 0.326 e. The van der Waals surface area contributed by atoms with Gasteiger partial charge in [0.1, 0.15) is 5.54 Å². The van der Waals surface area contributed by atoms with Crippen molar-refractivity contribution in [1.82, 2.24) is 20.0 Å². The summed E-state index contributed by atoms with van der Waals surface area (Å²) in [5.74, 6) is -0.0921. The smallest absolute Gasteiger partial charge is 0.319 e. The van der Waals surface area contributed by atoms with E-state index in [0.29, 0.717) is 13.1 Å². The van der Waals surface area contributed by atoms with Gasteiger partial charge in [0.15, 0.2) is 0 Å². The summed E-state index contributed by atoms with van der Waals surface area (Å²) < 4.78 is 1.16. The molecule has 0 saturated carbocycles. The van der Waals surface area contributed by atoms with Crippen molar-refractivity contribution in [3.05, 3.63) is 56.2 Å². The van der Waals surface area contributed by atoms with E-state index in [1.54, 1.807) is 11.3 Å². The molecule has 3 aliphatic rings. The molecular weight excluding hydrogens is 464 g/mol. The number of amides is 3. The zero-order chi connectivity index (χ0) is 20.7. The Hall–Kier alpha value is -1.74. The second kappa shape index (κ2) is 8.07. The zero-order valence-corrected chi connectivity index (χ0v) is 19.2. The predicted octanol–water partition coefficient (Wildman–Crippen LogP) is 3.37. The fraction of sp³-hybridized carbons (Fsp3) is 0.455. The lowest BCUT2D eigenvalue weighted by atomic mass is 9.76. The molecule has 1 atom stereocenters. The Morgan fingerprint density at radius 3 is 2.57 bits per heavy atom. The van der Waals surface area contributed by atoms with E-state index in [-0.39, 0.29) is 11.9 Å². The molecule has 1 N–H and O–H groups in total. The van der Waals surface area contributed by atoms with E-state index in [1.807, 2.05) is 18.2 Å². The Morgan fingerprint density at radius 1 is 1.03 bits per heavy atom. The van der Waals surface area contributed by atoms with Crippen molar-refractivity contribution in [3.63, 3.8) is 0 Å². The van der Waals surface area contributed by atoms with Crippen molar-refractivity contribution in [2.24, 2.45) is 0 Å². The van der Waals surface area contributed by atoms with Crippen molar-refractivity contribution in [2.45, 2.75) is 31.3 Å². The van der Waals surface area contributed by atoms with Gasteiger partial charge < -0.3 is 5.32 Å². The van der Waals surface area contributed by atoms with Crippen LogP contribution in [0.5, 0.6) is 0 Å². The summed E-state index contributed by atoms with van der Waals surface area (Å²) in [7, 11) is 0. The van der Waals surface area contributed by atoms with E-state index in [2.05, 4.69) is 49.2 Å². The third kappa shape index (κ3) is 3.60. The van der Waals surface area contributed by atoms with Crippen LogP contribution in [-0.4, -0.2) is 59.5 Å². The van der Waals surface area contributed by atoms with Crippen LogP contribution in [0, 0.1) is 0 Å². The third-order valence-electron chi connectivity index (χ3n) is 6.47.